The predicted octanol–water partition coefficient (Wildman–Crippen LogP) is 0.790. The number of carbonyl (C=O) groups excluding carboxylic acids is 2. The molecule has 108 valence electrons. The molecule has 0 bridgehead atoms. The highest BCUT2D eigenvalue weighted by Gasteiger charge is 2.32. The third-order valence-corrected chi connectivity index (χ3v) is 2.94. The summed E-state index contributed by atoms with van der Waals surface area (Å²) in [5, 5.41) is 11.1. The summed E-state index contributed by atoms with van der Waals surface area (Å²) in [6.45, 7) is 3.65. The van der Waals surface area contributed by atoms with Gasteiger partial charge in [-0.2, -0.15) is 0 Å². The number of nitrogens with one attached hydrogen (secondary N) is 1. The molecule has 1 saturated heterocycles. The first-order valence-electron chi connectivity index (χ1n) is 5.77. The number of thiocarbonyl (C=S) groups is 1. The van der Waals surface area contributed by atoms with E-state index in [9.17, 15) is 14.4 Å². The standard InChI is InChI=1S/C13H10N2O5S/c1-2-5-15-11(17)8(10(16)14-13(15)21)6-7-3-4-9(20-7)12(18)19/h2-4,6H,1,5H2,(H,18,19)(H,14,16,21). The van der Waals surface area contributed by atoms with Gasteiger partial charge in [-0.3, -0.25) is 19.8 Å². The highest BCUT2D eigenvalue weighted by Crippen LogP contribution is 2.16. The van der Waals surface area contributed by atoms with Gasteiger partial charge in [0.05, 0.1) is 0 Å². The lowest BCUT2D eigenvalue weighted by Crippen LogP contribution is -2.53. The average molecular weight is 306 g/mol. The number of carboxylic acids is 1. The third kappa shape index (κ3) is 2.90. The van der Waals surface area contributed by atoms with E-state index in [1.54, 1.807) is 0 Å². The first kappa shape index (κ1) is 14.7. The van der Waals surface area contributed by atoms with E-state index in [-0.39, 0.29) is 28.8 Å². The number of amides is 2. The normalized spacial score (nSPS) is 17.0. The van der Waals surface area contributed by atoms with Crippen LogP contribution in [0.3, 0.4) is 0 Å². The van der Waals surface area contributed by atoms with E-state index in [1.807, 2.05) is 0 Å². The highest BCUT2D eigenvalue weighted by molar-refractivity contribution is 7.80. The van der Waals surface area contributed by atoms with Gasteiger partial charge in [-0.05, 0) is 30.4 Å². The Morgan fingerprint density at radius 1 is 1.48 bits per heavy atom. The molecule has 21 heavy (non-hydrogen) atoms. The maximum atomic E-state index is 12.2. The molecule has 0 aromatic carbocycles. The van der Waals surface area contributed by atoms with Gasteiger partial charge in [-0.25, -0.2) is 4.79 Å². The lowest BCUT2D eigenvalue weighted by atomic mass is 10.1. The number of hydrogen-bond acceptors (Lipinski definition) is 5. The van der Waals surface area contributed by atoms with Crippen molar-refractivity contribution in [3.8, 4) is 0 Å². The molecule has 1 fully saturated rings. The van der Waals surface area contributed by atoms with Gasteiger partial charge in [-0.15, -0.1) is 6.58 Å². The van der Waals surface area contributed by atoms with Crippen molar-refractivity contribution < 1.29 is 23.9 Å². The van der Waals surface area contributed by atoms with E-state index in [1.165, 1.54) is 24.3 Å². The first-order valence-corrected chi connectivity index (χ1v) is 6.17. The summed E-state index contributed by atoms with van der Waals surface area (Å²) in [5.41, 5.74) is -0.197. The fourth-order valence-corrected chi connectivity index (χ4v) is 1.93. The molecule has 1 aliphatic rings. The zero-order chi connectivity index (χ0) is 15.6. The number of furan rings is 1. The molecule has 1 aliphatic heterocycles. The van der Waals surface area contributed by atoms with Crippen LogP contribution in [0.15, 0.2) is 34.8 Å². The van der Waals surface area contributed by atoms with Crippen LogP contribution in [0, 0.1) is 0 Å². The van der Waals surface area contributed by atoms with Gasteiger partial charge in [-0.1, -0.05) is 6.08 Å². The second-order valence-electron chi connectivity index (χ2n) is 4.03. The molecule has 0 radical (unpaired) electrons. The molecule has 0 saturated carbocycles. The number of rotatable bonds is 4. The zero-order valence-corrected chi connectivity index (χ0v) is 11.5. The molecule has 1 aromatic rings. The largest absolute Gasteiger partial charge is 0.475 e. The Kier molecular flexibility index (Phi) is 3.99. The maximum Gasteiger partial charge on any atom is 0.371 e. The van der Waals surface area contributed by atoms with Crippen molar-refractivity contribution in [2.45, 2.75) is 0 Å². The molecular formula is C13H10N2O5S. The summed E-state index contributed by atoms with van der Waals surface area (Å²) in [4.78, 5) is 35.9. The van der Waals surface area contributed by atoms with Gasteiger partial charge in [0.15, 0.2) is 5.11 Å². The van der Waals surface area contributed by atoms with Crippen LogP contribution < -0.4 is 5.32 Å². The van der Waals surface area contributed by atoms with Crippen LogP contribution in [-0.2, 0) is 9.59 Å². The van der Waals surface area contributed by atoms with Crippen LogP contribution in [0.25, 0.3) is 6.08 Å². The van der Waals surface area contributed by atoms with Gasteiger partial charge in [0.25, 0.3) is 11.8 Å². The van der Waals surface area contributed by atoms with E-state index in [4.69, 9.17) is 21.7 Å². The number of carboxylic acid groups (broad SMARTS) is 1. The third-order valence-electron chi connectivity index (χ3n) is 2.62. The molecule has 0 spiro atoms. The Morgan fingerprint density at radius 3 is 2.76 bits per heavy atom. The fraction of sp³-hybridized carbons (Fsp3) is 0.0769. The molecule has 0 aliphatic carbocycles. The number of hydrogen-bond donors (Lipinski definition) is 2. The molecule has 2 rings (SSSR count). The quantitative estimate of drug-likeness (QED) is 0.369. The van der Waals surface area contributed by atoms with Crippen molar-refractivity contribution in [2.24, 2.45) is 0 Å². The Labute approximate surface area is 124 Å². The monoisotopic (exact) mass is 306 g/mol. The van der Waals surface area contributed by atoms with E-state index >= 15 is 0 Å². The summed E-state index contributed by atoms with van der Waals surface area (Å²) in [6, 6.07) is 2.58. The van der Waals surface area contributed by atoms with Crippen molar-refractivity contribution in [1.82, 2.24) is 10.2 Å². The number of aromatic carboxylic acids is 1. The van der Waals surface area contributed by atoms with Gasteiger partial charge < -0.3 is 9.52 Å². The van der Waals surface area contributed by atoms with Gasteiger partial charge in [0.1, 0.15) is 11.3 Å². The zero-order valence-electron chi connectivity index (χ0n) is 10.7. The molecule has 0 atom stereocenters. The molecular weight excluding hydrogens is 296 g/mol. The van der Waals surface area contributed by atoms with Crippen LogP contribution in [-0.4, -0.2) is 39.4 Å². The van der Waals surface area contributed by atoms with E-state index in [0.717, 1.165) is 4.90 Å². The van der Waals surface area contributed by atoms with Crippen molar-refractivity contribution in [3.05, 3.63) is 41.9 Å². The molecule has 2 amide bonds. The smallest absolute Gasteiger partial charge is 0.371 e. The Balaban J connectivity index is 2.35. The Hall–Kier alpha value is -2.74. The summed E-state index contributed by atoms with van der Waals surface area (Å²) in [5.74, 6) is -2.72. The molecule has 7 nitrogen and oxygen atoms in total. The summed E-state index contributed by atoms with van der Waals surface area (Å²) >= 11 is 4.90. The van der Waals surface area contributed by atoms with Crippen LogP contribution in [0.4, 0.5) is 0 Å². The van der Waals surface area contributed by atoms with Gasteiger partial charge in [0.2, 0.25) is 5.76 Å². The Bertz CT molecular complexity index is 688. The lowest BCUT2D eigenvalue weighted by Gasteiger charge is -2.27. The minimum Gasteiger partial charge on any atom is -0.475 e. The maximum absolute atomic E-state index is 12.2. The summed E-state index contributed by atoms with van der Waals surface area (Å²) in [6.07, 6.45) is 2.64. The minimum atomic E-state index is -1.24. The summed E-state index contributed by atoms with van der Waals surface area (Å²) < 4.78 is 4.99. The van der Waals surface area contributed by atoms with E-state index in [0.29, 0.717) is 0 Å². The van der Waals surface area contributed by atoms with Crippen LogP contribution >= 0.6 is 12.2 Å². The van der Waals surface area contributed by atoms with Crippen molar-refractivity contribution in [1.29, 1.82) is 0 Å². The molecule has 0 unspecified atom stereocenters. The van der Waals surface area contributed by atoms with Crippen molar-refractivity contribution >= 4 is 41.2 Å². The van der Waals surface area contributed by atoms with Crippen LogP contribution in [0.2, 0.25) is 0 Å². The number of nitrogens with zero attached hydrogens (tertiary/aromatic N) is 1. The molecule has 2 heterocycles. The van der Waals surface area contributed by atoms with Crippen LogP contribution in [0.5, 0.6) is 0 Å². The fourth-order valence-electron chi connectivity index (χ4n) is 1.68. The molecule has 8 heteroatoms. The van der Waals surface area contributed by atoms with Crippen LogP contribution in [0.1, 0.15) is 16.3 Å². The first-order chi connectivity index (χ1) is 9.93. The van der Waals surface area contributed by atoms with E-state index < -0.39 is 17.8 Å². The second kappa shape index (κ2) is 5.71. The van der Waals surface area contributed by atoms with Crippen molar-refractivity contribution in [3.63, 3.8) is 0 Å². The average Bonchev–Trinajstić information content (AvgIpc) is 2.88. The molecule has 2 N–H and O–H groups in total. The van der Waals surface area contributed by atoms with Gasteiger partial charge >= 0.3 is 5.97 Å². The summed E-state index contributed by atoms with van der Waals surface area (Å²) in [7, 11) is 0. The highest BCUT2D eigenvalue weighted by atomic mass is 32.1. The topological polar surface area (TPSA) is 99.8 Å². The number of carbonyl (C=O) groups is 3. The van der Waals surface area contributed by atoms with Gasteiger partial charge in [0, 0.05) is 6.54 Å². The van der Waals surface area contributed by atoms with E-state index in [2.05, 4.69) is 11.9 Å². The molecule has 1 aromatic heterocycles. The SMILES string of the molecule is C=CCN1C(=O)C(=Cc2ccc(C(=O)O)o2)C(=O)NC1=S. The van der Waals surface area contributed by atoms with Crippen molar-refractivity contribution in [2.75, 3.05) is 6.54 Å². The minimum absolute atomic E-state index is 0.00674. The lowest BCUT2D eigenvalue weighted by molar-refractivity contribution is -0.128. The Morgan fingerprint density at radius 2 is 2.19 bits per heavy atom. The predicted molar refractivity (Wildman–Crippen MR) is 76.3 cm³/mol. The second-order valence-corrected chi connectivity index (χ2v) is 4.42.